The summed E-state index contributed by atoms with van der Waals surface area (Å²) in [5.74, 6) is 0. The summed E-state index contributed by atoms with van der Waals surface area (Å²) in [5, 5.41) is 19.8. The van der Waals surface area contributed by atoms with Gasteiger partial charge in [0.15, 0.2) is 0 Å². The number of nitro groups is 1. The number of aryl methyl sites for hydroxylation is 1. The molecule has 1 aromatic carbocycles. The van der Waals surface area contributed by atoms with E-state index in [4.69, 9.17) is 5.11 Å². The third kappa shape index (κ3) is 2.49. The van der Waals surface area contributed by atoms with E-state index in [1.54, 1.807) is 20.0 Å². The van der Waals surface area contributed by atoms with E-state index in [9.17, 15) is 10.1 Å². The highest BCUT2D eigenvalue weighted by Crippen LogP contribution is 2.25. The Morgan fingerprint density at radius 3 is 2.69 bits per heavy atom. The summed E-state index contributed by atoms with van der Waals surface area (Å²) in [5.41, 5.74) is 1.48. The van der Waals surface area contributed by atoms with Gasteiger partial charge in [0.25, 0.3) is 5.69 Å². The zero-order chi connectivity index (χ0) is 12.3. The lowest BCUT2D eigenvalue weighted by molar-refractivity contribution is -0.385. The van der Waals surface area contributed by atoms with Crippen molar-refractivity contribution in [3.8, 4) is 0 Å². The van der Waals surface area contributed by atoms with Crippen LogP contribution in [0.4, 0.5) is 11.4 Å². The van der Waals surface area contributed by atoms with E-state index in [0.29, 0.717) is 5.56 Å². The monoisotopic (exact) mass is 224 g/mol. The Hall–Kier alpha value is -1.62. The van der Waals surface area contributed by atoms with Gasteiger partial charge in [0, 0.05) is 30.4 Å². The second-order valence-electron chi connectivity index (χ2n) is 3.87. The largest absolute Gasteiger partial charge is 0.394 e. The van der Waals surface area contributed by atoms with Crippen LogP contribution in [-0.2, 0) is 0 Å². The van der Waals surface area contributed by atoms with Gasteiger partial charge in [-0.15, -0.1) is 0 Å². The van der Waals surface area contributed by atoms with Crippen LogP contribution in [-0.4, -0.2) is 29.7 Å². The predicted molar refractivity (Wildman–Crippen MR) is 62.8 cm³/mol. The Morgan fingerprint density at radius 2 is 2.19 bits per heavy atom. The zero-order valence-electron chi connectivity index (χ0n) is 9.67. The van der Waals surface area contributed by atoms with Crippen molar-refractivity contribution in [3.63, 3.8) is 0 Å². The summed E-state index contributed by atoms with van der Waals surface area (Å²) < 4.78 is 0. The number of hydrogen-bond acceptors (Lipinski definition) is 4. The maximum Gasteiger partial charge on any atom is 0.274 e. The minimum absolute atomic E-state index is 0.0121. The number of benzene rings is 1. The lowest BCUT2D eigenvalue weighted by Gasteiger charge is -2.25. The highest BCUT2D eigenvalue weighted by molar-refractivity contribution is 5.56. The second kappa shape index (κ2) is 4.94. The van der Waals surface area contributed by atoms with Gasteiger partial charge in [-0.3, -0.25) is 10.1 Å². The fraction of sp³-hybridized carbons (Fsp3) is 0.455. The van der Waals surface area contributed by atoms with E-state index < -0.39 is 4.92 Å². The number of anilines is 1. The molecule has 1 rings (SSSR count). The Labute approximate surface area is 94.5 Å². The first-order valence-corrected chi connectivity index (χ1v) is 5.06. The Balaban J connectivity index is 3.07. The first-order chi connectivity index (χ1) is 7.47. The van der Waals surface area contributed by atoms with Crippen molar-refractivity contribution in [1.82, 2.24) is 0 Å². The van der Waals surface area contributed by atoms with E-state index in [0.717, 1.165) is 5.69 Å². The van der Waals surface area contributed by atoms with Crippen molar-refractivity contribution in [2.45, 2.75) is 19.9 Å². The number of rotatable bonds is 4. The molecule has 0 heterocycles. The van der Waals surface area contributed by atoms with Gasteiger partial charge in [0.2, 0.25) is 0 Å². The first-order valence-electron chi connectivity index (χ1n) is 5.06. The summed E-state index contributed by atoms with van der Waals surface area (Å²) in [7, 11) is 1.80. The Kier molecular flexibility index (Phi) is 3.84. The number of aliphatic hydroxyl groups excluding tert-OH is 1. The molecule has 1 aromatic rings. The molecule has 1 N–H and O–H groups in total. The Morgan fingerprint density at radius 1 is 1.56 bits per heavy atom. The molecule has 1 atom stereocenters. The van der Waals surface area contributed by atoms with Crippen LogP contribution in [0, 0.1) is 17.0 Å². The molecule has 0 amide bonds. The van der Waals surface area contributed by atoms with Gasteiger partial charge in [-0.2, -0.15) is 0 Å². The molecular formula is C11H16N2O3. The second-order valence-corrected chi connectivity index (χ2v) is 3.87. The molecule has 16 heavy (non-hydrogen) atoms. The Bertz CT molecular complexity index is 393. The van der Waals surface area contributed by atoms with Gasteiger partial charge in [-0.1, -0.05) is 6.07 Å². The van der Waals surface area contributed by atoms with E-state index >= 15 is 0 Å². The fourth-order valence-electron chi connectivity index (χ4n) is 1.39. The number of nitro benzene ring substituents is 1. The first kappa shape index (κ1) is 12.4. The van der Waals surface area contributed by atoms with Crippen LogP contribution in [0.5, 0.6) is 0 Å². The van der Waals surface area contributed by atoms with Crippen molar-refractivity contribution in [1.29, 1.82) is 0 Å². The van der Waals surface area contributed by atoms with E-state index in [1.807, 2.05) is 17.9 Å². The number of hydrogen-bond donors (Lipinski definition) is 1. The van der Waals surface area contributed by atoms with Crippen LogP contribution in [0.1, 0.15) is 12.5 Å². The van der Waals surface area contributed by atoms with Crippen molar-refractivity contribution in [2.75, 3.05) is 18.6 Å². The third-order valence-electron chi connectivity index (χ3n) is 2.72. The van der Waals surface area contributed by atoms with Crippen LogP contribution >= 0.6 is 0 Å². The van der Waals surface area contributed by atoms with Crippen molar-refractivity contribution < 1.29 is 10.0 Å². The normalized spacial score (nSPS) is 12.2. The van der Waals surface area contributed by atoms with Crippen LogP contribution in [0.2, 0.25) is 0 Å². The standard InChI is InChI=1S/C11H16N2O3/c1-8-4-5-10(6-11(8)13(15)16)12(3)9(2)7-14/h4-6,9,14H,7H2,1-3H3. The SMILES string of the molecule is Cc1ccc(N(C)C(C)CO)cc1[N+](=O)[O-]. The smallest absolute Gasteiger partial charge is 0.274 e. The van der Waals surface area contributed by atoms with Crippen molar-refractivity contribution in [2.24, 2.45) is 0 Å². The summed E-state index contributed by atoms with van der Waals surface area (Å²) in [4.78, 5) is 12.2. The average Bonchev–Trinajstić information content (AvgIpc) is 2.27. The van der Waals surface area contributed by atoms with Gasteiger partial charge >= 0.3 is 0 Å². The minimum atomic E-state index is -0.393. The number of aliphatic hydroxyl groups is 1. The minimum Gasteiger partial charge on any atom is -0.394 e. The fourth-order valence-corrected chi connectivity index (χ4v) is 1.39. The quantitative estimate of drug-likeness (QED) is 0.624. The van der Waals surface area contributed by atoms with Gasteiger partial charge in [-0.05, 0) is 19.9 Å². The molecule has 0 spiro atoms. The molecule has 0 aromatic heterocycles. The molecule has 0 fully saturated rings. The summed E-state index contributed by atoms with van der Waals surface area (Å²) >= 11 is 0. The van der Waals surface area contributed by atoms with Crippen LogP contribution < -0.4 is 4.90 Å². The molecule has 0 aliphatic carbocycles. The van der Waals surface area contributed by atoms with Gasteiger partial charge < -0.3 is 10.0 Å². The highest BCUT2D eigenvalue weighted by Gasteiger charge is 2.15. The number of nitrogens with zero attached hydrogens (tertiary/aromatic N) is 2. The van der Waals surface area contributed by atoms with E-state index in [2.05, 4.69) is 0 Å². The maximum absolute atomic E-state index is 10.8. The van der Waals surface area contributed by atoms with Gasteiger partial charge in [0.1, 0.15) is 0 Å². The van der Waals surface area contributed by atoms with E-state index in [1.165, 1.54) is 6.07 Å². The predicted octanol–water partition coefficient (Wildman–Crippen LogP) is 1.72. The highest BCUT2D eigenvalue weighted by atomic mass is 16.6. The lowest BCUT2D eigenvalue weighted by atomic mass is 10.1. The molecule has 0 bridgehead atoms. The third-order valence-corrected chi connectivity index (χ3v) is 2.72. The molecule has 0 aliphatic heterocycles. The van der Waals surface area contributed by atoms with E-state index in [-0.39, 0.29) is 18.3 Å². The zero-order valence-corrected chi connectivity index (χ0v) is 9.67. The molecular weight excluding hydrogens is 208 g/mol. The van der Waals surface area contributed by atoms with Crippen molar-refractivity contribution in [3.05, 3.63) is 33.9 Å². The molecule has 0 saturated carbocycles. The molecule has 0 aliphatic rings. The van der Waals surface area contributed by atoms with Crippen LogP contribution in [0.25, 0.3) is 0 Å². The molecule has 0 saturated heterocycles. The lowest BCUT2D eigenvalue weighted by Crippen LogP contribution is -2.31. The van der Waals surface area contributed by atoms with Gasteiger partial charge in [-0.25, -0.2) is 0 Å². The molecule has 5 nitrogen and oxygen atoms in total. The maximum atomic E-state index is 10.8. The molecule has 88 valence electrons. The summed E-state index contributed by atoms with van der Waals surface area (Å²) in [6, 6.07) is 4.99. The van der Waals surface area contributed by atoms with Crippen LogP contribution in [0.15, 0.2) is 18.2 Å². The topological polar surface area (TPSA) is 66.6 Å². The average molecular weight is 224 g/mol. The summed E-state index contributed by atoms with van der Waals surface area (Å²) in [6.07, 6.45) is 0. The number of likely N-dealkylation sites (N-methyl/N-ethyl adjacent to an activating group) is 1. The van der Waals surface area contributed by atoms with Gasteiger partial charge in [0.05, 0.1) is 11.5 Å². The molecule has 1 unspecified atom stereocenters. The van der Waals surface area contributed by atoms with Crippen molar-refractivity contribution >= 4 is 11.4 Å². The summed E-state index contributed by atoms with van der Waals surface area (Å²) in [6.45, 7) is 3.57. The van der Waals surface area contributed by atoms with Crippen LogP contribution in [0.3, 0.4) is 0 Å². The molecule has 0 radical (unpaired) electrons. The molecule has 5 heteroatoms.